The maximum absolute atomic E-state index is 12.6. The van der Waals surface area contributed by atoms with Crippen LogP contribution < -0.4 is 0 Å². The van der Waals surface area contributed by atoms with Crippen molar-refractivity contribution in [3.63, 3.8) is 0 Å². The van der Waals surface area contributed by atoms with Crippen molar-refractivity contribution < 1.29 is 4.79 Å². The van der Waals surface area contributed by atoms with E-state index < -0.39 is 0 Å². The van der Waals surface area contributed by atoms with Crippen LogP contribution in [-0.4, -0.2) is 36.6 Å². The number of hydrogen-bond acceptors (Lipinski definition) is 3. The molecule has 114 valence electrons. The fourth-order valence-electron chi connectivity index (χ4n) is 2.35. The molecule has 0 bridgehead atoms. The van der Waals surface area contributed by atoms with E-state index in [2.05, 4.69) is 15.2 Å². The molecular formula is C15H23N5O. The van der Waals surface area contributed by atoms with Crippen LogP contribution in [0, 0.1) is 13.8 Å². The van der Waals surface area contributed by atoms with Gasteiger partial charge < -0.3 is 9.47 Å². The second kappa shape index (κ2) is 6.11. The van der Waals surface area contributed by atoms with Gasteiger partial charge in [-0.1, -0.05) is 0 Å². The first-order chi connectivity index (χ1) is 9.90. The topological polar surface area (TPSA) is 66.8 Å². The molecule has 2 rings (SSSR count). The lowest BCUT2D eigenvalue weighted by molar-refractivity contribution is -0.133. The molecule has 0 fully saturated rings. The van der Waals surface area contributed by atoms with Gasteiger partial charge in [0.1, 0.15) is 5.82 Å². The largest absolute Gasteiger partial charge is 0.337 e. The Labute approximate surface area is 125 Å². The lowest BCUT2D eigenvalue weighted by Gasteiger charge is -2.26. The van der Waals surface area contributed by atoms with Gasteiger partial charge in [0.25, 0.3) is 0 Å². The van der Waals surface area contributed by atoms with Gasteiger partial charge in [-0.25, -0.2) is 4.98 Å². The van der Waals surface area contributed by atoms with E-state index in [1.165, 1.54) is 0 Å². The third kappa shape index (κ3) is 3.32. The number of imidazole rings is 1. The molecule has 0 radical (unpaired) electrons. The molecule has 0 aliphatic carbocycles. The fourth-order valence-corrected chi connectivity index (χ4v) is 2.35. The number of amides is 1. The van der Waals surface area contributed by atoms with Crippen LogP contribution in [0.15, 0.2) is 12.4 Å². The van der Waals surface area contributed by atoms with E-state index >= 15 is 0 Å². The first-order valence-electron chi connectivity index (χ1n) is 7.16. The van der Waals surface area contributed by atoms with Crippen LogP contribution in [0.25, 0.3) is 0 Å². The lowest BCUT2D eigenvalue weighted by atomic mass is 10.1. The predicted octanol–water partition coefficient (Wildman–Crippen LogP) is 1.74. The summed E-state index contributed by atoms with van der Waals surface area (Å²) in [6.07, 6.45) is 4.02. The lowest BCUT2D eigenvalue weighted by Crippen LogP contribution is -2.38. The number of aromatic amines is 1. The van der Waals surface area contributed by atoms with E-state index in [4.69, 9.17) is 0 Å². The minimum atomic E-state index is 0.0978. The average molecular weight is 289 g/mol. The Morgan fingerprint density at radius 3 is 2.62 bits per heavy atom. The molecule has 1 N–H and O–H groups in total. The van der Waals surface area contributed by atoms with E-state index in [-0.39, 0.29) is 11.9 Å². The van der Waals surface area contributed by atoms with Crippen LogP contribution in [0.2, 0.25) is 0 Å². The van der Waals surface area contributed by atoms with Crippen LogP contribution in [-0.2, 0) is 24.8 Å². The molecule has 0 aliphatic rings. The quantitative estimate of drug-likeness (QED) is 0.911. The Hall–Kier alpha value is -2.11. The maximum Gasteiger partial charge on any atom is 0.227 e. The summed E-state index contributed by atoms with van der Waals surface area (Å²) in [5, 5.41) is 7.08. The van der Waals surface area contributed by atoms with Crippen molar-refractivity contribution in [2.45, 2.75) is 46.7 Å². The summed E-state index contributed by atoms with van der Waals surface area (Å²) >= 11 is 0. The van der Waals surface area contributed by atoms with Crippen molar-refractivity contribution in [2.24, 2.45) is 7.05 Å². The van der Waals surface area contributed by atoms with Gasteiger partial charge in [-0.15, -0.1) is 0 Å². The molecule has 2 aromatic heterocycles. The Morgan fingerprint density at radius 2 is 2.14 bits per heavy atom. The van der Waals surface area contributed by atoms with Gasteiger partial charge in [-0.2, -0.15) is 5.10 Å². The van der Waals surface area contributed by atoms with Gasteiger partial charge in [-0.3, -0.25) is 9.89 Å². The SMILES string of the molecule is Cc1n[nH]c(C)c1CC(=O)N(Cc1nccn1C)C(C)C. The first-order valence-corrected chi connectivity index (χ1v) is 7.16. The summed E-state index contributed by atoms with van der Waals surface area (Å²) in [6.45, 7) is 8.44. The Bertz CT molecular complexity index is 606. The van der Waals surface area contributed by atoms with E-state index in [1.807, 2.05) is 50.4 Å². The number of aryl methyl sites for hydroxylation is 3. The third-order valence-electron chi connectivity index (χ3n) is 3.79. The molecule has 2 heterocycles. The van der Waals surface area contributed by atoms with Gasteiger partial charge in [-0.05, 0) is 27.7 Å². The van der Waals surface area contributed by atoms with Crippen molar-refractivity contribution in [1.82, 2.24) is 24.6 Å². The van der Waals surface area contributed by atoms with Crippen molar-refractivity contribution in [3.8, 4) is 0 Å². The summed E-state index contributed by atoms with van der Waals surface area (Å²) in [5.74, 6) is 0.985. The van der Waals surface area contributed by atoms with Gasteiger partial charge in [0, 0.05) is 36.7 Å². The number of hydrogen-bond donors (Lipinski definition) is 1. The van der Waals surface area contributed by atoms with Crippen LogP contribution in [0.1, 0.15) is 36.6 Å². The first kappa shape index (κ1) is 15.3. The smallest absolute Gasteiger partial charge is 0.227 e. The summed E-state index contributed by atoms with van der Waals surface area (Å²) in [5.41, 5.74) is 2.84. The predicted molar refractivity (Wildman–Crippen MR) is 80.7 cm³/mol. The van der Waals surface area contributed by atoms with Crippen LogP contribution >= 0.6 is 0 Å². The zero-order valence-corrected chi connectivity index (χ0v) is 13.3. The highest BCUT2D eigenvalue weighted by atomic mass is 16.2. The molecule has 0 atom stereocenters. The molecule has 0 aliphatic heterocycles. The number of carbonyl (C=O) groups excluding carboxylic acids is 1. The highest BCUT2D eigenvalue weighted by molar-refractivity contribution is 5.79. The minimum absolute atomic E-state index is 0.0978. The van der Waals surface area contributed by atoms with Crippen molar-refractivity contribution in [1.29, 1.82) is 0 Å². The monoisotopic (exact) mass is 289 g/mol. The Morgan fingerprint density at radius 1 is 1.43 bits per heavy atom. The molecule has 0 aromatic carbocycles. The van der Waals surface area contributed by atoms with Crippen LogP contribution in [0.3, 0.4) is 0 Å². The molecule has 0 spiro atoms. The highest BCUT2D eigenvalue weighted by Gasteiger charge is 2.21. The number of aromatic nitrogens is 4. The molecule has 2 aromatic rings. The molecular weight excluding hydrogens is 266 g/mol. The second-order valence-corrected chi connectivity index (χ2v) is 5.66. The van der Waals surface area contributed by atoms with Crippen molar-refractivity contribution in [2.75, 3.05) is 0 Å². The van der Waals surface area contributed by atoms with Gasteiger partial charge >= 0.3 is 0 Å². The second-order valence-electron chi connectivity index (χ2n) is 5.66. The number of rotatable bonds is 5. The van der Waals surface area contributed by atoms with Crippen molar-refractivity contribution in [3.05, 3.63) is 35.2 Å². The normalized spacial score (nSPS) is 11.1. The zero-order chi connectivity index (χ0) is 15.6. The number of nitrogens with one attached hydrogen (secondary N) is 1. The van der Waals surface area contributed by atoms with E-state index in [9.17, 15) is 4.79 Å². The third-order valence-corrected chi connectivity index (χ3v) is 3.79. The molecule has 6 heteroatoms. The molecule has 21 heavy (non-hydrogen) atoms. The van der Waals surface area contributed by atoms with Gasteiger partial charge in [0.2, 0.25) is 5.91 Å². The molecule has 6 nitrogen and oxygen atoms in total. The number of nitrogens with zero attached hydrogens (tertiary/aromatic N) is 4. The van der Waals surface area contributed by atoms with E-state index in [0.29, 0.717) is 13.0 Å². The summed E-state index contributed by atoms with van der Waals surface area (Å²) in [4.78, 5) is 18.8. The van der Waals surface area contributed by atoms with Gasteiger partial charge in [0.15, 0.2) is 0 Å². The fraction of sp³-hybridized carbons (Fsp3) is 0.533. The van der Waals surface area contributed by atoms with Gasteiger partial charge in [0.05, 0.1) is 18.7 Å². The summed E-state index contributed by atoms with van der Waals surface area (Å²) < 4.78 is 1.94. The van der Waals surface area contributed by atoms with E-state index in [0.717, 1.165) is 22.8 Å². The van der Waals surface area contributed by atoms with Crippen LogP contribution in [0.4, 0.5) is 0 Å². The Balaban J connectivity index is 2.15. The Kier molecular flexibility index (Phi) is 4.45. The minimum Gasteiger partial charge on any atom is -0.337 e. The molecule has 0 unspecified atom stereocenters. The summed E-state index contributed by atoms with van der Waals surface area (Å²) in [6, 6.07) is 0.127. The summed E-state index contributed by atoms with van der Waals surface area (Å²) in [7, 11) is 1.94. The zero-order valence-electron chi connectivity index (χ0n) is 13.3. The number of H-pyrrole nitrogens is 1. The molecule has 0 saturated carbocycles. The molecule has 0 saturated heterocycles. The number of carbonyl (C=O) groups is 1. The van der Waals surface area contributed by atoms with Crippen LogP contribution in [0.5, 0.6) is 0 Å². The van der Waals surface area contributed by atoms with E-state index in [1.54, 1.807) is 6.20 Å². The maximum atomic E-state index is 12.6. The van der Waals surface area contributed by atoms with Crippen molar-refractivity contribution >= 4 is 5.91 Å². The standard InChI is InChI=1S/C15H23N5O/c1-10(2)20(9-14-16-6-7-19(14)5)15(21)8-13-11(3)17-18-12(13)4/h6-7,10H,8-9H2,1-5H3,(H,17,18). The highest BCUT2D eigenvalue weighted by Crippen LogP contribution is 2.14. The molecule has 1 amide bonds. The average Bonchev–Trinajstić information content (AvgIpc) is 2.96.